The molecule has 0 aliphatic rings. The summed E-state index contributed by atoms with van der Waals surface area (Å²) in [6.45, 7) is 9.32. The summed E-state index contributed by atoms with van der Waals surface area (Å²) in [4.78, 5) is 2.35. The molecule has 0 saturated heterocycles. The number of ether oxygens (including phenoxy) is 1. The molecular weight excluding hydrogens is 162 g/mol. The number of hydrogen-bond acceptors (Lipinski definition) is 2. The van der Waals surface area contributed by atoms with Gasteiger partial charge in [0, 0.05) is 20.3 Å². The molecule has 0 aliphatic heterocycles. The number of rotatable bonds is 8. The van der Waals surface area contributed by atoms with Gasteiger partial charge in [-0.1, -0.05) is 19.1 Å². The van der Waals surface area contributed by atoms with Crippen LogP contribution in [0.4, 0.5) is 0 Å². The standard InChI is InChI=1S/C11H23NO/c1-5-8-12(3)9-6-11(2)7-10-13-4/h2,5-10H2,1,3-4H3. The van der Waals surface area contributed by atoms with Crippen LogP contribution in [0.2, 0.25) is 0 Å². The van der Waals surface area contributed by atoms with Crippen molar-refractivity contribution in [3.8, 4) is 0 Å². The Hall–Kier alpha value is -0.340. The molecule has 0 heterocycles. The summed E-state index contributed by atoms with van der Waals surface area (Å²) >= 11 is 0. The summed E-state index contributed by atoms with van der Waals surface area (Å²) in [6.07, 6.45) is 3.32. The highest BCUT2D eigenvalue weighted by Gasteiger charge is 1.98. The molecule has 0 aromatic carbocycles. The quantitative estimate of drug-likeness (QED) is 0.538. The third-order valence-corrected chi connectivity index (χ3v) is 2.11. The van der Waals surface area contributed by atoms with Gasteiger partial charge in [0.1, 0.15) is 0 Å². The summed E-state index contributed by atoms with van der Waals surface area (Å²) in [6, 6.07) is 0. The average molecular weight is 185 g/mol. The fraction of sp³-hybridized carbons (Fsp3) is 0.818. The van der Waals surface area contributed by atoms with E-state index in [1.165, 1.54) is 18.5 Å². The first-order valence-corrected chi connectivity index (χ1v) is 5.04. The molecule has 0 fully saturated rings. The number of nitrogens with zero attached hydrogens (tertiary/aromatic N) is 1. The molecule has 0 bridgehead atoms. The van der Waals surface area contributed by atoms with Crippen LogP contribution in [-0.4, -0.2) is 38.8 Å². The van der Waals surface area contributed by atoms with Crippen molar-refractivity contribution in [2.45, 2.75) is 26.2 Å². The van der Waals surface area contributed by atoms with E-state index in [1.54, 1.807) is 7.11 Å². The molecule has 0 aliphatic carbocycles. The van der Waals surface area contributed by atoms with Gasteiger partial charge in [-0.3, -0.25) is 0 Å². The highest BCUT2D eigenvalue weighted by Crippen LogP contribution is 2.04. The van der Waals surface area contributed by atoms with Crippen molar-refractivity contribution < 1.29 is 4.74 Å². The first kappa shape index (κ1) is 12.7. The Labute approximate surface area is 82.6 Å². The summed E-state index contributed by atoms with van der Waals surface area (Å²) in [5.41, 5.74) is 1.30. The predicted octanol–water partition coefficient (Wildman–Crippen LogP) is 2.31. The minimum atomic E-state index is 0.802. The van der Waals surface area contributed by atoms with Crippen molar-refractivity contribution in [3.05, 3.63) is 12.2 Å². The molecule has 0 radical (unpaired) electrons. The van der Waals surface area contributed by atoms with Crippen LogP contribution < -0.4 is 0 Å². The monoisotopic (exact) mass is 185 g/mol. The molecule has 0 atom stereocenters. The van der Waals surface area contributed by atoms with E-state index in [9.17, 15) is 0 Å². The first-order valence-electron chi connectivity index (χ1n) is 5.04. The van der Waals surface area contributed by atoms with Crippen molar-refractivity contribution in [2.24, 2.45) is 0 Å². The van der Waals surface area contributed by atoms with Crippen molar-refractivity contribution in [1.29, 1.82) is 0 Å². The van der Waals surface area contributed by atoms with E-state index >= 15 is 0 Å². The van der Waals surface area contributed by atoms with Gasteiger partial charge in [0.05, 0.1) is 0 Å². The second-order valence-corrected chi connectivity index (χ2v) is 3.55. The molecule has 0 amide bonds. The van der Waals surface area contributed by atoms with Crippen LogP contribution in [0.3, 0.4) is 0 Å². The summed E-state index contributed by atoms with van der Waals surface area (Å²) < 4.78 is 4.99. The van der Waals surface area contributed by atoms with Crippen LogP contribution >= 0.6 is 0 Å². The largest absolute Gasteiger partial charge is 0.384 e. The third kappa shape index (κ3) is 8.00. The van der Waals surface area contributed by atoms with Crippen molar-refractivity contribution in [2.75, 3.05) is 33.9 Å². The van der Waals surface area contributed by atoms with Crippen LogP contribution in [0.5, 0.6) is 0 Å². The molecule has 13 heavy (non-hydrogen) atoms. The highest BCUT2D eigenvalue weighted by atomic mass is 16.5. The Morgan fingerprint density at radius 1 is 1.31 bits per heavy atom. The minimum absolute atomic E-state index is 0.802. The Bertz CT molecular complexity index is 134. The maximum atomic E-state index is 4.99. The first-order chi connectivity index (χ1) is 6.20. The van der Waals surface area contributed by atoms with Crippen LogP contribution in [-0.2, 0) is 4.74 Å². The van der Waals surface area contributed by atoms with E-state index < -0.39 is 0 Å². The van der Waals surface area contributed by atoms with Gasteiger partial charge in [0.2, 0.25) is 0 Å². The molecule has 0 saturated carbocycles. The average Bonchev–Trinajstić information content (AvgIpc) is 2.12. The van der Waals surface area contributed by atoms with Gasteiger partial charge >= 0.3 is 0 Å². The van der Waals surface area contributed by atoms with Crippen LogP contribution in [0.25, 0.3) is 0 Å². The second kappa shape index (κ2) is 8.27. The molecule has 0 spiro atoms. The lowest BCUT2D eigenvalue weighted by atomic mass is 10.1. The van der Waals surface area contributed by atoms with E-state index in [4.69, 9.17) is 4.74 Å². The topological polar surface area (TPSA) is 12.5 Å². The Kier molecular flexibility index (Phi) is 8.05. The van der Waals surface area contributed by atoms with Crippen LogP contribution in [0.1, 0.15) is 26.2 Å². The fourth-order valence-corrected chi connectivity index (χ4v) is 1.21. The van der Waals surface area contributed by atoms with Crippen molar-refractivity contribution in [3.63, 3.8) is 0 Å². The predicted molar refractivity (Wildman–Crippen MR) is 58.0 cm³/mol. The fourth-order valence-electron chi connectivity index (χ4n) is 1.21. The van der Waals surface area contributed by atoms with Gasteiger partial charge in [-0.2, -0.15) is 0 Å². The van der Waals surface area contributed by atoms with Gasteiger partial charge in [-0.15, -0.1) is 0 Å². The molecule has 2 heteroatoms. The smallest absolute Gasteiger partial charge is 0.0499 e. The van der Waals surface area contributed by atoms with Gasteiger partial charge in [-0.25, -0.2) is 0 Å². The molecular formula is C11H23NO. The van der Waals surface area contributed by atoms with Gasteiger partial charge in [0.25, 0.3) is 0 Å². The lowest BCUT2D eigenvalue weighted by Gasteiger charge is -2.15. The van der Waals surface area contributed by atoms with Crippen molar-refractivity contribution in [1.82, 2.24) is 4.90 Å². The zero-order valence-electron chi connectivity index (χ0n) is 9.31. The minimum Gasteiger partial charge on any atom is -0.384 e. The maximum Gasteiger partial charge on any atom is 0.0499 e. The zero-order chi connectivity index (χ0) is 10.1. The zero-order valence-corrected chi connectivity index (χ0v) is 9.31. The molecule has 0 unspecified atom stereocenters. The highest BCUT2D eigenvalue weighted by molar-refractivity contribution is 4.94. The van der Waals surface area contributed by atoms with Gasteiger partial charge in [0.15, 0.2) is 0 Å². The molecule has 2 nitrogen and oxygen atoms in total. The number of methoxy groups -OCH3 is 1. The molecule has 0 aromatic heterocycles. The van der Waals surface area contributed by atoms with E-state index in [0.29, 0.717) is 0 Å². The summed E-state index contributed by atoms with van der Waals surface area (Å²) in [5, 5.41) is 0. The second-order valence-electron chi connectivity index (χ2n) is 3.55. The summed E-state index contributed by atoms with van der Waals surface area (Å²) in [5.74, 6) is 0. The Balaban J connectivity index is 3.34. The Morgan fingerprint density at radius 2 is 2.00 bits per heavy atom. The molecule has 0 rings (SSSR count). The van der Waals surface area contributed by atoms with E-state index in [1.807, 2.05) is 0 Å². The third-order valence-electron chi connectivity index (χ3n) is 2.11. The van der Waals surface area contributed by atoms with Crippen molar-refractivity contribution >= 4 is 0 Å². The normalized spacial score (nSPS) is 10.8. The van der Waals surface area contributed by atoms with E-state index in [2.05, 4.69) is 25.5 Å². The van der Waals surface area contributed by atoms with Gasteiger partial charge in [-0.05, 0) is 32.9 Å². The lowest BCUT2D eigenvalue weighted by molar-refractivity contribution is 0.200. The Morgan fingerprint density at radius 3 is 2.54 bits per heavy atom. The van der Waals surface area contributed by atoms with E-state index in [0.717, 1.165) is 26.0 Å². The molecule has 0 aromatic rings. The van der Waals surface area contributed by atoms with Gasteiger partial charge < -0.3 is 9.64 Å². The van der Waals surface area contributed by atoms with Crippen LogP contribution in [0, 0.1) is 0 Å². The van der Waals surface area contributed by atoms with E-state index in [-0.39, 0.29) is 0 Å². The lowest BCUT2D eigenvalue weighted by Crippen LogP contribution is -2.20. The SMILES string of the molecule is C=C(CCOC)CCN(C)CCC. The maximum absolute atomic E-state index is 4.99. The number of hydrogen-bond donors (Lipinski definition) is 0. The van der Waals surface area contributed by atoms with Crippen LogP contribution in [0.15, 0.2) is 12.2 Å². The summed E-state index contributed by atoms with van der Waals surface area (Å²) in [7, 11) is 3.89. The molecule has 0 N–H and O–H groups in total. The molecule has 78 valence electrons.